The first-order chi connectivity index (χ1) is 10.2. The van der Waals surface area contributed by atoms with Crippen molar-refractivity contribution in [2.24, 2.45) is 7.05 Å². The second-order valence-electron chi connectivity index (χ2n) is 5.02. The fourth-order valence-corrected chi connectivity index (χ4v) is 2.35. The molecule has 2 aromatic rings. The molecule has 1 aromatic heterocycles. The number of rotatable bonds is 5. The number of carbonyl (C=O) groups excluding carboxylic acids is 1. The van der Waals surface area contributed by atoms with E-state index >= 15 is 0 Å². The molecular formula is C17H19N3O. The minimum absolute atomic E-state index is 0.233. The number of hydrogen-bond donors (Lipinski definition) is 1. The molecule has 0 aliphatic rings. The van der Waals surface area contributed by atoms with Crippen molar-refractivity contribution in [2.75, 3.05) is 0 Å². The summed E-state index contributed by atoms with van der Waals surface area (Å²) in [5.74, 6) is -0.233. The minimum atomic E-state index is -0.417. The lowest BCUT2D eigenvalue weighted by molar-refractivity contribution is -0.116. The standard InChI is InChI=1S/C17H19N3O/c1-3-6-14(11-18)19-17(21)10-9-13-12-20(2)16-8-5-4-7-15(13)16/h4-5,7-10,12,14H,3,6H2,1-2H3,(H,19,21)/b10-9+. The van der Waals surface area contributed by atoms with Gasteiger partial charge in [-0.05, 0) is 18.6 Å². The van der Waals surface area contributed by atoms with Crippen LogP contribution in [0.4, 0.5) is 0 Å². The predicted octanol–water partition coefficient (Wildman–Crippen LogP) is 3.00. The van der Waals surface area contributed by atoms with Gasteiger partial charge in [-0.2, -0.15) is 5.26 Å². The quantitative estimate of drug-likeness (QED) is 0.856. The van der Waals surface area contributed by atoms with Gasteiger partial charge in [-0.25, -0.2) is 0 Å². The van der Waals surface area contributed by atoms with Crippen molar-refractivity contribution in [3.8, 4) is 6.07 Å². The molecule has 0 saturated heterocycles. The highest BCUT2D eigenvalue weighted by atomic mass is 16.1. The van der Waals surface area contributed by atoms with Crippen molar-refractivity contribution >= 4 is 22.9 Å². The summed E-state index contributed by atoms with van der Waals surface area (Å²) in [5.41, 5.74) is 2.12. The number of carbonyl (C=O) groups is 1. The highest BCUT2D eigenvalue weighted by Gasteiger charge is 2.08. The average molecular weight is 281 g/mol. The van der Waals surface area contributed by atoms with Crippen LogP contribution in [-0.4, -0.2) is 16.5 Å². The zero-order valence-electron chi connectivity index (χ0n) is 12.3. The van der Waals surface area contributed by atoms with Crippen molar-refractivity contribution in [3.63, 3.8) is 0 Å². The number of nitriles is 1. The number of aromatic nitrogens is 1. The third-order valence-electron chi connectivity index (χ3n) is 3.39. The Bertz CT molecular complexity index is 706. The zero-order valence-corrected chi connectivity index (χ0v) is 12.3. The normalized spacial score (nSPS) is 12.4. The second-order valence-corrected chi connectivity index (χ2v) is 5.02. The molecule has 2 rings (SSSR count). The average Bonchev–Trinajstić information content (AvgIpc) is 2.82. The van der Waals surface area contributed by atoms with Gasteiger partial charge in [0.25, 0.3) is 0 Å². The van der Waals surface area contributed by atoms with E-state index in [-0.39, 0.29) is 5.91 Å². The first-order valence-electron chi connectivity index (χ1n) is 7.08. The van der Waals surface area contributed by atoms with Crippen molar-refractivity contribution in [1.82, 2.24) is 9.88 Å². The number of fused-ring (bicyclic) bond motifs is 1. The number of benzene rings is 1. The van der Waals surface area contributed by atoms with Gasteiger partial charge < -0.3 is 9.88 Å². The Morgan fingerprint density at radius 2 is 2.24 bits per heavy atom. The van der Waals surface area contributed by atoms with Gasteiger partial charge in [-0.15, -0.1) is 0 Å². The summed E-state index contributed by atoms with van der Waals surface area (Å²) in [7, 11) is 1.98. The van der Waals surface area contributed by atoms with Crippen LogP contribution in [0.3, 0.4) is 0 Å². The minimum Gasteiger partial charge on any atom is -0.350 e. The van der Waals surface area contributed by atoms with Gasteiger partial charge in [0.2, 0.25) is 5.91 Å². The van der Waals surface area contributed by atoms with Crippen LogP contribution in [0.25, 0.3) is 17.0 Å². The third-order valence-corrected chi connectivity index (χ3v) is 3.39. The number of nitrogens with zero attached hydrogens (tertiary/aromatic N) is 2. The number of para-hydroxylation sites is 1. The molecule has 1 unspecified atom stereocenters. The molecule has 1 aromatic carbocycles. The van der Waals surface area contributed by atoms with Crippen LogP contribution in [0.2, 0.25) is 0 Å². The van der Waals surface area contributed by atoms with Gasteiger partial charge in [0.05, 0.1) is 6.07 Å². The molecule has 0 radical (unpaired) electrons. The van der Waals surface area contributed by atoms with Gasteiger partial charge in [0.1, 0.15) is 6.04 Å². The Labute approximate surface area is 124 Å². The molecule has 21 heavy (non-hydrogen) atoms. The van der Waals surface area contributed by atoms with E-state index in [1.54, 1.807) is 6.08 Å². The van der Waals surface area contributed by atoms with E-state index in [0.717, 1.165) is 22.9 Å². The van der Waals surface area contributed by atoms with E-state index in [2.05, 4.69) is 11.4 Å². The maximum Gasteiger partial charge on any atom is 0.245 e. The molecule has 0 saturated carbocycles. The zero-order chi connectivity index (χ0) is 15.2. The predicted molar refractivity (Wildman–Crippen MR) is 84.4 cm³/mol. The summed E-state index contributed by atoms with van der Waals surface area (Å²) < 4.78 is 2.03. The van der Waals surface area contributed by atoms with Gasteiger partial charge in [0.15, 0.2) is 0 Å². The number of amides is 1. The summed E-state index contributed by atoms with van der Waals surface area (Å²) >= 11 is 0. The van der Waals surface area contributed by atoms with Crippen molar-refractivity contribution in [1.29, 1.82) is 5.26 Å². The Morgan fingerprint density at radius 3 is 2.95 bits per heavy atom. The van der Waals surface area contributed by atoms with Crippen LogP contribution in [0.1, 0.15) is 25.3 Å². The molecule has 1 heterocycles. The molecular weight excluding hydrogens is 262 g/mol. The van der Waals surface area contributed by atoms with E-state index in [0.29, 0.717) is 6.42 Å². The lowest BCUT2D eigenvalue weighted by atomic mass is 10.1. The summed E-state index contributed by atoms with van der Waals surface area (Å²) in [6.07, 6.45) is 6.80. The lowest BCUT2D eigenvalue weighted by Crippen LogP contribution is -2.32. The smallest absolute Gasteiger partial charge is 0.245 e. The van der Waals surface area contributed by atoms with Gasteiger partial charge >= 0.3 is 0 Å². The van der Waals surface area contributed by atoms with Gasteiger partial charge in [0, 0.05) is 35.8 Å². The van der Waals surface area contributed by atoms with Crippen molar-refractivity contribution in [2.45, 2.75) is 25.8 Å². The van der Waals surface area contributed by atoms with Crippen LogP contribution in [0.15, 0.2) is 36.5 Å². The third kappa shape index (κ3) is 3.51. The topological polar surface area (TPSA) is 57.8 Å². The fraction of sp³-hybridized carbons (Fsp3) is 0.294. The summed E-state index contributed by atoms with van der Waals surface area (Å²) in [5, 5.41) is 12.7. The molecule has 0 aliphatic heterocycles. The fourth-order valence-electron chi connectivity index (χ4n) is 2.35. The van der Waals surface area contributed by atoms with Crippen LogP contribution >= 0.6 is 0 Å². The van der Waals surface area contributed by atoms with Crippen molar-refractivity contribution < 1.29 is 4.79 Å². The molecule has 1 atom stereocenters. The largest absolute Gasteiger partial charge is 0.350 e. The molecule has 0 spiro atoms. The second kappa shape index (κ2) is 6.76. The highest BCUT2D eigenvalue weighted by molar-refractivity contribution is 5.96. The molecule has 1 N–H and O–H groups in total. The summed E-state index contributed by atoms with van der Waals surface area (Å²) in [6, 6.07) is 9.72. The first kappa shape index (κ1) is 14.9. The van der Waals surface area contributed by atoms with E-state index in [1.807, 2.05) is 49.0 Å². The number of nitrogens with one attached hydrogen (secondary N) is 1. The van der Waals surface area contributed by atoms with Crippen LogP contribution in [0.5, 0.6) is 0 Å². The Kier molecular flexibility index (Phi) is 4.78. The maximum absolute atomic E-state index is 11.8. The molecule has 0 fully saturated rings. The van der Waals surface area contributed by atoms with E-state index in [1.165, 1.54) is 6.08 Å². The lowest BCUT2D eigenvalue weighted by Gasteiger charge is -2.07. The summed E-state index contributed by atoms with van der Waals surface area (Å²) in [6.45, 7) is 1.99. The van der Waals surface area contributed by atoms with Gasteiger partial charge in [-0.3, -0.25) is 4.79 Å². The SMILES string of the molecule is CCCC(C#N)NC(=O)/C=C/c1cn(C)c2ccccc12. The van der Waals surface area contributed by atoms with Crippen LogP contribution in [0, 0.1) is 11.3 Å². The molecule has 4 heteroatoms. The monoisotopic (exact) mass is 281 g/mol. The number of hydrogen-bond acceptors (Lipinski definition) is 2. The van der Waals surface area contributed by atoms with E-state index in [9.17, 15) is 4.79 Å². The highest BCUT2D eigenvalue weighted by Crippen LogP contribution is 2.21. The molecule has 4 nitrogen and oxygen atoms in total. The van der Waals surface area contributed by atoms with Crippen molar-refractivity contribution in [3.05, 3.63) is 42.1 Å². The Morgan fingerprint density at radius 1 is 1.48 bits per heavy atom. The summed E-state index contributed by atoms with van der Waals surface area (Å²) in [4.78, 5) is 11.8. The molecule has 0 aliphatic carbocycles. The van der Waals surface area contributed by atoms with Gasteiger partial charge in [-0.1, -0.05) is 31.5 Å². The number of aryl methyl sites for hydroxylation is 1. The first-order valence-corrected chi connectivity index (χ1v) is 7.08. The molecule has 1 amide bonds. The maximum atomic E-state index is 11.8. The van der Waals surface area contributed by atoms with E-state index < -0.39 is 6.04 Å². The molecule has 0 bridgehead atoms. The van der Waals surface area contributed by atoms with E-state index in [4.69, 9.17) is 5.26 Å². The van der Waals surface area contributed by atoms with Crippen LogP contribution in [-0.2, 0) is 11.8 Å². The Balaban J connectivity index is 2.13. The van der Waals surface area contributed by atoms with Crippen LogP contribution < -0.4 is 5.32 Å². The Hall–Kier alpha value is -2.54. The molecule has 108 valence electrons.